The Morgan fingerprint density at radius 2 is 1.88 bits per heavy atom. The number of carbonyl (C=O) groups is 1. The lowest BCUT2D eigenvalue weighted by atomic mass is 9.59. The van der Waals surface area contributed by atoms with E-state index in [1.165, 1.54) is 6.07 Å². The van der Waals surface area contributed by atoms with E-state index in [1.54, 1.807) is 6.07 Å². The summed E-state index contributed by atoms with van der Waals surface area (Å²) in [6.07, 6.45) is 3.51. The van der Waals surface area contributed by atoms with Gasteiger partial charge in [-0.25, -0.2) is 4.79 Å². The van der Waals surface area contributed by atoms with Crippen molar-refractivity contribution >= 4 is 11.7 Å². The Morgan fingerprint density at radius 3 is 2.72 bits per heavy atom. The first kappa shape index (κ1) is 14.6. The number of rotatable bonds is 0. The summed E-state index contributed by atoms with van der Waals surface area (Å²) in [4.78, 5) is 12.7. The minimum atomic E-state index is -0.825. The first-order valence-corrected chi connectivity index (χ1v) is 8.67. The van der Waals surface area contributed by atoms with Crippen molar-refractivity contribution in [2.24, 2.45) is 0 Å². The fraction of sp³-hybridized carbons (Fsp3) is 0.350. The number of benzene rings is 2. The second-order valence-corrected chi connectivity index (χ2v) is 7.36. The van der Waals surface area contributed by atoms with E-state index in [-0.39, 0.29) is 11.3 Å². The number of hydrogen-bond acceptors (Lipinski definition) is 5. The predicted octanol–water partition coefficient (Wildman–Crippen LogP) is 3.56. The molecule has 3 N–H and O–H groups in total. The highest BCUT2D eigenvalue weighted by atomic mass is 16.6. The molecule has 5 nitrogen and oxygen atoms in total. The largest absolute Gasteiger partial charge is 0.504 e. The summed E-state index contributed by atoms with van der Waals surface area (Å²) in [5.74, 6) is -1.28. The Bertz CT molecular complexity index is 938. The highest BCUT2D eigenvalue weighted by Crippen LogP contribution is 2.62. The van der Waals surface area contributed by atoms with Gasteiger partial charge < -0.3 is 20.3 Å². The average Bonchev–Trinajstić information content (AvgIpc) is 2.88. The van der Waals surface area contributed by atoms with Crippen molar-refractivity contribution in [3.63, 3.8) is 0 Å². The minimum Gasteiger partial charge on any atom is -0.504 e. The third-order valence-corrected chi connectivity index (χ3v) is 6.08. The molecule has 25 heavy (non-hydrogen) atoms. The van der Waals surface area contributed by atoms with Crippen molar-refractivity contribution < 1.29 is 19.7 Å². The van der Waals surface area contributed by atoms with Gasteiger partial charge in [-0.3, -0.25) is 0 Å². The van der Waals surface area contributed by atoms with E-state index in [2.05, 4.69) is 11.4 Å². The molecule has 3 aliphatic rings. The quantitative estimate of drug-likeness (QED) is 0.506. The van der Waals surface area contributed by atoms with E-state index in [4.69, 9.17) is 4.74 Å². The third-order valence-electron chi connectivity index (χ3n) is 6.08. The fourth-order valence-electron chi connectivity index (χ4n) is 5.05. The zero-order chi connectivity index (χ0) is 17.4. The average molecular weight is 337 g/mol. The van der Waals surface area contributed by atoms with Gasteiger partial charge in [0.15, 0.2) is 17.2 Å². The lowest BCUT2D eigenvalue weighted by Gasteiger charge is -2.51. The third kappa shape index (κ3) is 1.56. The summed E-state index contributed by atoms with van der Waals surface area (Å²) < 4.78 is 5.96. The van der Waals surface area contributed by atoms with Crippen molar-refractivity contribution in [2.75, 3.05) is 5.32 Å². The molecule has 1 saturated carbocycles. The van der Waals surface area contributed by atoms with Gasteiger partial charge in [0, 0.05) is 12.1 Å². The lowest BCUT2D eigenvalue weighted by molar-refractivity contribution is -0.0601. The maximum absolute atomic E-state index is 12.7. The van der Waals surface area contributed by atoms with E-state index in [0.29, 0.717) is 6.42 Å². The fourth-order valence-corrected chi connectivity index (χ4v) is 5.05. The number of aryl methyl sites for hydroxylation is 1. The van der Waals surface area contributed by atoms with Crippen LogP contribution in [0.3, 0.4) is 0 Å². The molecular weight excluding hydrogens is 318 g/mol. The van der Waals surface area contributed by atoms with Gasteiger partial charge >= 0.3 is 5.97 Å². The predicted molar refractivity (Wildman–Crippen MR) is 92.0 cm³/mol. The molecule has 128 valence electrons. The van der Waals surface area contributed by atoms with Gasteiger partial charge in [-0.15, -0.1) is 0 Å². The van der Waals surface area contributed by atoms with Crippen LogP contribution < -0.4 is 5.32 Å². The molecule has 5 heteroatoms. The number of nitrogens with one attached hydrogen (secondary N) is 1. The molecule has 1 aliphatic carbocycles. The van der Waals surface area contributed by atoms with Gasteiger partial charge in [-0.1, -0.05) is 30.2 Å². The number of fused-ring (bicyclic) bond motifs is 2. The van der Waals surface area contributed by atoms with Crippen LogP contribution in [-0.2, 0) is 10.2 Å². The van der Waals surface area contributed by atoms with E-state index in [1.807, 2.05) is 19.1 Å². The minimum absolute atomic E-state index is 0.0914. The number of carbonyl (C=O) groups excluding carboxylic acids is 1. The van der Waals surface area contributed by atoms with Crippen molar-refractivity contribution in [3.8, 4) is 11.5 Å². The highest BCUT2D eigenvalue weighted by Gasteiger charge is 2.66. The molecule has 2 atom stereocenters. The van der Waals surface area contributed by atoms with Gasteiger partial charge in [-0.05, 0) is 43.0 Å². The number of hydrogen-bond donors (Lipinski definition) is 3. The Kier molecular flexibility index (Phi) is 2.62. The van der Waals surface area contributed by atoms with E-state index >= 15 is 0 Å². The number of phenols is 2. The second-order valence-electron chi connectivity index (χ2n) is 7.36. The molecule has 2 heterocycles. The van der Waals surface area contributed by atoms with Crippen LogP contribution in [0.4, 0.5) is 5.69 Å². The van der Waals surface area contributed by atoms with Crippen LogP contribution in [0, 0.1) is 6.92 Å². The zero-order valence-electron chi connectivity index (χ0n) is 13.9. The first-order chi connectivity index (χ1) is 12.0. The summed E-state index contributed by atoms with van der Waals surface area (Å²) in [5.41, 5.74) is 2.68. The van der Waals surface area contributed by atoms with Crippen molar-refractivity contribution in [3.05, 3.63) is 52.6 Å². The van der Waals surface area contributed by atoms with E-state index in [9.17, 15) is 15.0 Å². The topological polar surface area (TPSA) is 78.8 Å². The standard InChI is InChI=1S/C20H19NO4/c1-11-4-6-14-13(10-11)19-8-2-3-9-20(19,21-14)25-18(24)16-12(19)5-7-15(22)17(16)23/h4-7,10,21-23H,2-3,8-9H2,1H3/t19?,20-/m0/s1. The highest BCUT2D eigenvalue weighted by molar-refractivity contribution is 5.99. The van der Waals surface area contributed by atoms with Crippen molar-refractivity contribution in [1.29, 1.82) is 0 Å². The summed E-state index contributed by atoms with van der Waals surface area (Å²) >= 11 is 0. The lowest BCUT2D eigenvalue weighted by Crippen LogP contribution is -2.60. The number of esters is 1. The maximum Gasteiger partial charge on any atom is 0.344 e. The Morgan fingerprint density at radius 1 is 1.08 bits per heavy atom. The zero-order valence-corrected chi connectivity index (χ0v) is 13.9. The van der Waals surface area contributed by atoms with Gasteiger partial charge in [0.2, 0.25) is 0 Å². The molecular formula is C20H19NO4. The molecule has 1 unspecified atom stereocenters. The molecule has 5 rings (SSSR count). The number of aromatic hydroxyl groups is 2. The van der Waals surface area contributed by atoms with Gasteiger partial charge in [-0.2, -0.15) is 0 Å². The molecule has 0 saturated heterocycles. The number of ether oxygens (including phenoxy) is 1. The molecule has 2 aromatic rings. The Balaban J connectivity index is 1.90. The van der Waals surface area contributed by atoms with E-state index < -0.39 is 22.9 Å². The molecule has 0 amide bonds. The molecule has 0 aromatic heterocycles. The smallest absolute Gasteiger partial charge is 0.344 e. The van der Waals surface area contributed by atoms with Crippen molar-refractivity contribution in [2.45, 2.75) is 43.7 Å². The van der Waals surface area contributed by atoms with Crippen LogP contribution in [0.25, 0.3) is 0 Å². The maximum atomic E-state index is 12.7. The van der Waals surface area contributed by atoms with Crippen LogP contribution >= 0.6 is 0 Å². The van der Waals surface area contributed by atoms with Crippen LogP contribution in [-0.4, -0.2) is 21.9 Å². The molecule has 0 spiro atoms. The second kappa shape index (κ2) is 4.48. The molecule has 0 radical (unpaired) electrons. The normalized spacial score (nSPS) is 28.9. The summed E-state index contributed by atoms with van der Waals surface area (Å²) in [6, 6.07) is 9.45. The first-order valence-electron chi connectivity index (χ1n) is 8.67. The Hall–Kier alpha value is -2.69. The van der Waals surface area contributed by atoms with Crippen molar-refractivity contribution in [1.82, 2.24) is 0 Å². The van der Waals surface area contributed by atoms with Crippen LogP contribution in [0.5, 0.6) is 11.5 Å². The van der Waals surface area contributed by atoms with Gasteiger partial charge in [0.25, 0.3) is 0 Å². The molecule has 2 aliphatic heterocycles. The van der Waals surface area contributed by atoms with Crippen LogP contribution in [0.15, 0.2) is 30.3 Å². The molecule has 1 fully saturated rings. The number of anilines is 1. The summed E-state index contributed by atoms with van der Waals surface area (Å²) in [5, 5.41) is 23.7. The number of phenolic OH excluding ortho intramolecular Hbond substituents is 2. The van der Waals surface area contributed by atoms with Crippen LogP contribution in [0.1, 0.15) is 52.7 Å². The Labute approximate surface area is 145 Å². The molecule has 0 bridgehead atoms. The summed E-state index contributed by atoms with van der Waals surface area (Å²) in [7, 11) is 0. The molecule has 2 aromatic carbocycles. The monoisotopic (exact) mass is 337 g/mol. The van der Waals surface area contributed by atoms with E-state index in [0.717, 1.165) is 41.6 Å². The van der Waals surface area contributed by atoms with Gasteiger partial charge in [0.05, 0.1) is 5.41 Å². The van der Waals surface area contributed by atoms with Gasteiger partial charge in [0.1, 0.15) is 5.56 Å². The van der Waals surface area contributed by atoms with Crippen LogP contribution in [0.2, 0.25) is 0 Å². The summed E-state index contributed by atoms with van der Waals surface area (Å²) in [6.45, 7) is 2.05. The SMILES string of the molecule is Cc1ccc2c(c1)C13CCCC[C@]1(N2)OC(=O)c1c3ccc(O)c1O.